The molecule has 19 heavy (non-hydrogen) atoms. The van der Waals surface area contributed by atoms with E-state index in [1.54, 1.807) is 0 Å². The highest BCUT2D eigenvalue weighted by Gasteiger charge is 2.21. The van der Waals surface area contributed by atoms with Gasteiger partial charge in [-0.2, -0.15) is 0 Å². The molecular formula is C15H19ClF2O. The summed E-state index contributed by atoms with van der Waals surface area (Å²) in [5, 5.41) is -0.0353. The van der Waals surface area contributed by atoms with Crippen molar-refractivity contribution in [3.05, 3.63) is 34.4 Å². The highest BCUT2D eigenvalue weighted by molar-refractivity contribution is 6.34. The van der Waals surface area contributed by atoms with Gasteiger partial charge in [0.2, 0.25) is 0 Å². The van der Waals surface area contributed by atoms with Crippen molar-refractivity contribution in [3.63, 3.8) is 0 Å². The average molecular weight is 289 g/mol. The molecule has 0 bridgehead atoms. The molecule has 0 heterocycles. The van der Waals surface area contributed by atoms with Crippen LogP contribution in [0.5, 0.6) is 0 Å². The van der Waals surface area contributed by atoms with E-state index in [1.165, 1.54) is 0 Å². The van der Waals surface area contributed by atoms with Crippen molar-refractivity contribution in [2.24, 2.45) is 11.3 Å². The highest BCUT2D eigenvalue weighted by Crippen LogP contribution is 2.28. The van der Waals surface area contributed by atoms with Gasteiger partial charge in [-0.25, -0.2) is 8.78 Å². The maximum absolute atomic E-state index is 13.1. The maximum atomic E-state index is 13.1. The molecule has 0 saturated heterocycles. The summed E-state index contributed by atoms with van der Waals surface area (Å²) < 4.78 is 26.1. The van der Waals surface area contributed by atoms with Gasteiger partial charge in [0.1, 0.15) is 0 Å². The first-order chi connectivity index (χ1) is 8.60. The topological polar surface area (TPSA) is 17.1 Å². The minimum atomic E-state index is -1.05. The fraction of sp³-hybridized carbons (Fsp3) is 0.533. The molecule has 4 heteroatoms. The summed E-state index contributed by atoms with van der Waals surface area (Å²) in [6, 6.07) is 1.72. The summed E-state index contributed by atoms with van der Waals surface area (Å²) in [6.45, 7) is 8.26. The predicted octanol–water partition coefficient (Wildman–Crippen LogP) is 5.26. The summed E-state index contributed by atoms with van der Waals surface area (Å²) in [7, 11) is 0. The Morgan fingerprint density at radius 2 is 1.79 bits per heavy atom. The number of hydrogen-bond donors (Lipinski definition) is 0. The van der Waals surface area contributed by atoms with Crippen LogP contribution in [0.2, 0.25) is 5.02 Å². The van der Waals surface area contributed by atoms with Gasteiger partial charge in [-0.1, -0.05) is 39.3 Å². The predicted molar refractivity (Wildman–Crippen MR) is 73.6 cm³/mol. The van der Waals surface area contributed by atoms with Gasteiger partial charge in [-0.05, 0) is 29.9 Å². The zero-order valence-corrected chi connectivity index (χ0v) is 12.4. The van der Waals surface area contributed by atoms with Crippen LogP contribution in [0.3, 0.4) is 0 Å². The van der Waals surface area contributed by atoms with Crippen molar-refractivity contribution in [1.29, 1.82) is 0 Å². The molecule has 1 aromatic rings. The van der Waals surface area contributed by atoms with Crippen molar-refractivity contribution in [2.75, 3.05) is 0 Å². The van der Waals surface area contributed by atoms with Gasteiger partial charge in [-0.15, -0.1) is 0 Å². The second kappa shape index (κ2) is 6.00. The van der Waals surface area contributed by atoms with Gasteiger partial charge in [0.25, 0.3) is 0 Å². The molecule has 1 unspecified atom stereocenters. The smallest absolute Gasteiger partial charge is 0.164 e. The maximum Gasteiger partial charge on any atom is 0.164 e. The Morgan fingerprint density at radius 3 is 2.32 bits per heavy atom. The van der Waals surface area contributed by atoms with Crippen LogP contribution < -0.4 is 0 Å². The zero-order valence-electron chi connectivity index (χ0n) is 11.7. The number of rotatable bonds is 4. The Hall–Kier alpha value is -0.960. The minimum Gasteiger partial charge on any atom is -0.294 e. The quantitative estimate of drug-likeness (QED) is 0.545. The minimum absolute atomic E-state index is 0.0353. The summed E-state index contributed by atoms with van der Waals surface area (Å²) in [5.74, 6) is -2.17. The van der Waals surface area contributed by atoms with E-state index in [4.69, 9.17) is 11.6 Å². The van der Waals surface area contributed by atoms with E-state index >= 15 is 0 Å². The Morgan fingerprint density at radius 1 is 1.26 bits per heavy atom. The average Bonchev–Trinajstić information content (AvgIpc) is 2.20. The van der Waals surface area contributed by atoms with Gasteiger partial charge >= 0.3 is 0 Å². The molecule has 0 radical (unpaired) electrons. The fourth-order valence-corrected chi connectivity index (χ4v) is 2.54. The number of halogens is 3. The van der Waals surface area contributed by atoms with Gasteiger partial charge in [-0.3, -0.25) is 4.79 Å². The van der Waals surface area contributed by atoms with E-state index in [0.29, 0.717) is 0 Å². The second-order valence-corrected chi connectivity index (χ2v) is 6.65. The Labute approximate surface area is 118 Å². The van der Waals surface area contributed by atoms with Crippen molar-refractivity contribution < 1.29 is 13.6 Å². The largest absolute Gasteiger partial charge is 0.294 e. The molecule has 0 spiro atoms. The summed E-state index contributed by atoms with van der Waals surface area (Å²) in [5.41, 5.74) is 0.179. The third-order valence-corrected chi connectivity index (χ3v) is 3.12. The van der Waals surface area contributed by atoms with Crippen LogP contribution >= 0.6 is 11.6 Å². The third kappa shape index (κ3) is 4.90. The van der Waals surface area contributed by atoms with E-state index < -0.39 is 11.6 Å². The number of carbonyl (C=O) groups excluding carboxylic acids is 1. The van der Waals surface area contributed by atoms with Crippen LogP contribution in [0.1, 0.15) is 50.9 Å². The Kier molecular flexibility index (Phi) is 5.08. The first kappa shape index (κ1) is 16.1. The molecular weight excluding hydrogens is 270 g/mol. The second-order valence-electron chi connectivity index (χ2n) is 6.24. The van der Waals surface area contributed by atoms with Gasteiger partial charge in [0.05, 0.1) is 5.02 Å². The molecule has 0 fully saturated rings. The van der Waals surface area contributed by atoms with E-state index in [2.05, 4.69) is 20.8 Å². The van der Waals surface area contributed by atoms with Crippen LogP contribution in [0.15, 0.2) is 12.1 Å². The third-order valence-electron chi connectivity index (χ3n) is 2.81. The highest BCUT2D eigenvalue weighted by atomic mass is 35.5. The van der Waals surface area contributed by atoms with Gasteiger partial charge in [0, 0.05) is 12.0 Å². The molecule has 0 N–H and O–H groups in total. The first-order valence-corrected chi connectivity index (χ1v) is 6.65. The van der Waals surface area contributed by atoms with Gasteiger partial charge in [0.15, 0.2) is 17.4 Å². The fourth-order valence-electron chi connectivity index (χ4n) is 2.28. The van der Waals surface area contributed by atoms with Crippen LogP contribution in [-0.2, 0) is 0 Å². The summed E-state index contributed by atoms with van der Waals surface area (Å²) >= 11 is 5.79. The zero-order chi connectivity index (χ0) is 14.8. The lowest BCUT2D eigenvalue weighted by Crippen LogP contribution is -2.15. The molecule has 1 nitrogen and oxygen atoms in total. The van der Waals surface area contributed by atoms with Crippen molar-refractivity contribution in [2.45, 2.75) is 40.5 Å². The van der Waals surface area contributed by atoms with Crippen LogP contribution in [0, 0.1) is 23.0 Å². The SMILES string of the molecule is CC(CC(=O)c1cc(F)c(F)cc1Cl)CC(C)(C)C. The first-order valence-electron chi connectivity index (χ1n) is 6.28. The number of carbonyl (C=O) groups is 1. The lowest BCUT2D eigenvalue weighted by Gasteiger charge is -2.22. The molecule has 106 valence electrons. The normalized spacial score (nSPS) is 13.4. The summed E-state index contributed by atoms with van der Waals surface area (Å²) in [6.07, 6.45) is 1.15. The van der Waals surface area contributed by atoms with E-state index in [1.807, 2.05) is 6.92 Å². The monoisotopic (exact) mass is 288 g/mol. The molecule has 0 aliphatic carbocycles. The standard InChI is InChI=1S/C15H19ClF2O/c1-9(8-15(2,3)4)5-14(19)10-6-12(17)13(18)7-11(10)16/h6-7,9H,5,8H2,1-4H3. The lowest BCUT2D eigenvalue weighted by molar-refractivity contribution is 0.0954. The van der Waals surface area contributed by atoms with Crippen molar-refractivity contribution in [1.82, 2.24) is 0 Å². The van der Waals surface area contributed by atoms with Crippen LogP contribution in [-0.4, -0.2) is 5.78 Å². The van der Waals surface area contributed by atoms with E-state index in [-0.39, 0.29) is 34.1 Å². The molecule has 1 aromatic carbocycles. The Bertz CT molecular complexity index is 478. The molecule has 0 saturated carbocycles. The van der Waals surface area contributed by atoms with Gasteiger partial charge < -0.3 is 0 Å². The molecule has 0 aromatic heterocycles. The van der Waals surface area contributed by atoms with Crippen LogP contribution in [0.25, 0.3) is 0 Å². The number of hydrogen-bond acceptors (Lipinski definition) is 1. The molecule has 0 aliphatic heterocycles. The van der Waals surface area contributed by atoms with Crippen molar-refractivity contribution >= 4 is 17.4 Å². The van der Waals surface area contributed by atoms with E-state index in [9.17, 15) is 13.6 Å². The number of benzene rings is 1. The number of ketones is 1. The Balaban J connectivity index is 2.82. The van der Waals surface area contributed by atoms with E-state index in [0.717, 1.165) is 18.6 Å². The van der Waals surface area contributed by atoms with Crippen LogP contribution in [0.4, 0.5) is 8.78 Å². The number of Topliss-reactive ketones (excluding diaryl/α,β-unsaturated/α-hetero) is 1. The molecule has 0 amide bonds. The summed E-state index contributed by atoms with van der Waals surface area (Å²) in [4.78, 5) is 12.1. The lowest BCUT2D eigenvalue weighted by atomic mass is 9.83. The molecule has 1 atom stereocenters. The molecule has 1 rings (SSSR count). The van der Waals surface area contributed by atoms with Crippen molar-refractivity contribution in [3.8, 4) is 0 Å². The molecule has 0 aliphatic rings.